The van der Waals surface area contributed by atoms with E-state index in [0.29, 0.717) is 11.3 Å². The third-order valence-corrected chi connectivity index (χ3v) is 7.18. The van der Waals surface area contributed by atoms with Crippen LogP contribution in [0.25, 0.3) is 0 Å². The molecule has 1 aliphatic heterocycles. The molecule has 2 unspecified atom stereocenters. The highest BCUT2D eigenvalue weighted by molar-refractivity contribution is 6.11. The van der Waals surface area contributed by atoms with Gasteiger partial charge < -0.3 is 43.4 Å². The number of methoxy groups -OCH3 is 3. The molecular weight excluding hydrogens is 643 g/mol. The van der Waals surface area contributed by atoms with Crippen LogP contribution in [0.2, 0.25) is 0 Å². The largest absolute Gasteiger partial charge is 0.494 e. The van der Waals surface area contributed by atoms with Crippen molar-refractivity contribution in [2.24, 2.45) is 0 Å². The number of ketones is 1. The Bertz CT molecular complexity index is 1640. The average molecular weight is 683 g/mol. The molecule has 1 N–H and O–H groups in total. The molecule has 0 saturated carbocycles. The highest BCUT2D eigenvalue weighted by atomic mass is 19.1. The lowest BCUT2D eigenvalue weighted by Gasteiger charge is -2.24. The topological polar surface area (TPSA) is 148 Å². The highest BCUT2D eigenvalue weighted by Crippen LogP contribution is 2.31. The van der Waals surface area contributed by atoms with E-state index in [4.69, 9.17) is 33.2 Å². The predicted octanol–water partition coefficient (Wildman–Crippen LogP) is 4.61. The van der Waals surface area contributed by atoms with Crippen molar-refractivity contribution in [1.29, 1.82) is 0 Å². The molecule has 0 radical (unpaired) electrons. The van der Waals surface area contributed by atoms with Gasteiger partial charge in [0.1, 0.15) is 28.8 Å². The Morgan fingerprint density at radius 1 is 0.796 bits per heavy atom. The number of halogens is 1. The number of likely N-dealkylation sites (tertiary alicyclic amines) is 1. The zero-order valence-electron chi connectivity index (χ0n) is 28.1. The van der Waals surface area contributed by atoms with E-state index in [0.717, 1.165) is 0 Å². The second kappa shape index (κ2) is 16.3. The van der Waals surface area contributed by atoms with Crippen LogP contribution in [0.4, 0.5) is 9.18 Å². The molecule has 1 fully saturated rings. The Labute approximate surface area is 283 Å². The second-order valence-electron chi connectivity index (χ2n) is 11.9. The van der Waals surface area contributed by atoms with E-state index in [-0.39, 0.29) is 54.9 Å². The number of rotatable bonds is 13. The van der Waals surface area contributed by atoms with Crippen LogP contribution in [0.5, 0.6) is 17.2 Å². The molecule has 0 aliphatic carbocycles. The fourth-order valence-corrected chi connectivity index (χ4v) is 4.85. The number of ether oxygens (including phenoxy) is 7. The van der Waals surface area contributed by atoms with Crippen molar-refractivity contribution in [3.05, 3.63) is 88.7 Å². The van der Waals surface area contributed by atoms with Gasteiger partial charge in [-0.15, -0.1) is 0 Å². The molecule has 49 heavy (non-hydrogen) atoms. The van der Waals surface area contributed by atoms with Crippen molar-refractivity contribution in [3.8, 4) is 17.2 Å². The summed E-state index contributed by atoms with van der Waals surface area (Å²) in [5.74, 6) is -2.56. The Balaban J connectivity index is 1.51. The summed E-state index contributed by atoms with van der Waals surface area (Å²) in [6.07, 6.45) is -1.58. The number of amides is 2. The number of benzene rings is 3. The number of nitrogens with one attached hydrogen (secondary N) is 1. The van der Waals surface area contributed by atoms with Crippen molar-refractivity contribution in [3.63, 3.8) is 0 Å². The number of carbonyl (C=O) groups is 4. The number of esters is 1. The number of hydrogen-bond acceptors (Lipinski definition) is 11. The summed E-state index contributed by atoms with van der Waals surface area (Å²) >= 11 is 0. The Morgan fingerprint density at radius 2 is 1.39 bits per heavy atom. The Morgan fingerprint density at radius 3 is 2.00 bits per heavy atom. The fraction of sp³-hybridized carbons (Fsp3) is 0.371. The lowest BCUT2D eigenvalue weighted by Crippen LogP contribution is -2.44. The molecule has 3 aromatic rings. The maximum Gasteiger partial charge on any atom is 0.410 e. The minimum atomic E-state index is -0.944. The monoisotopic (exact) mass is 682 g/mol. The molecular formula is C35H39FN2O11. The van der Waals surface area contributed by atoms with Gasteiger partial charge in [0, 0.05) is 31.9 Å². The predicted molar refractivity (Wildman–Crippen MR) is 173 cm³/mol. The maximum absolute atomic E-state index is 15.2. The van der Waals surface area contributed by atoms with Crippen LogP contribution in [0.1, 0.15) is 57.4 Å². The summed E-state index contributed by atoms with van der Waals surface area (Å²) in [7, 11) is 4.15. The van der Waals surface area contributed by atoms with Gasteiger partial charge in [-0.25, -0.2) is 14.0 Å². The molecule has 2 amide bonds. The summed E-state index contributed by atoms with van der Waals surface area (Å²) in [5, 5.41) is 2.85. The molecule has 1 heterocycles. The standard InChI is InChI=1S/C35H39FN2O11/c1-35(2,3)49-34(42)38-17-25(37-32(40)22-11-13-24(14-12-22)46-19-43-4)28(18-38)48-33(41)23-9-7-21(8-10-23)31(39)29-26(47-20-44-5)15-16-27(45-6)30(29)36/h7-16,25,28H,17-20H2,1-6H3,(H,37,40). The van der Waals surface area contributed by atoms with Crippen molar-refractivity contribution in [1.82, 2.24) is 10.2 Å². The third kappa shape index (κ3) is 9.45. The van der Waals surface area contributed by atoms with E-state index in [1.54, 1.807) is 45.0 Å². The summed E-state index contributed by atoms with van der Waals surface area (Å²) < 4.78 is 52.0. The minimum absolute atomic E-state index is 0.0145. The first kappa shape index (κ1) is 36.6. The first-order chi connectivity index (χ1) is 23.3. The van der Waals surface area contributed by atoms with Crippen molar-refractivity contribution < 1.29 is 56.7 Å². The smallest absolute Gasteiger partial charge is 0.410 e. The van der Waals surface area contributed by atoms with Gasteiger partial charge in [-0.05, 0) is 69.3 Å². The van der Waals surface area contributed by atoms with Crippen LogP contribution in [0, 0.1) is 5.82 Å². The van der Waals surface area contributed by atoms with Crippen LogP contribution < -0.4 is 19.5 Å². The lowest BCUT2D eigenvalue weighted by molar-refractivity contribution is 0.0178. The fourth-order valence-electron chi connectivity index (χ4n) is 4.85. The third-order valence-electron chi connectivity index (χ3n) is 7.18. The molecule has 2 atom stereocenters. The van der Waals surface area contributed by atoms with Gasteiger partial charge in [-0.1, -0.05) is 12.1 Å². The van der Waals surface area contributed by atoms with Gasteiger partial charge in [0.05, 0.1) is 25.3 Å². The SMILES string of the molecule is COCOc1ccc(C(=O)NC2CN(C(=O)OC(C)(C)C)CC2OC(=O)c2ccc(C(=O)c3c(OCOC)ccc(OC)c3F)cc2)cc1. The number of hydrogen-bond donors (Lipinski definition) is 1. The highest BCUT2D eigenvalue weighted by Gasteiger charge is 2.40. The van der Waals surface area contributed by atoms with E-state index in [1.807, 2.05) is 0 Å². The lowest BCUT2D eigenvalue weighted by atomic mass is 10.00. The van der Waals surface area contributed by atoms with Gasteiger partial charge in [0.2, 0.25) is 0 Å². The zero-order valence-corrected chi connectivity index (χ0v) is 28.1. The van der Waals surface area contributed by atoms with Crippen LogP contribution in [0.3, 0.4) is 0 Å². The molecule has 4 rings (SSSR count). The van der Waals surface area contributed by atoms with Gasteiger partial charge >= 0.3 is 12.1 Å². The zero-order chi connectivity index (χ0) is 35.7. The molecule has 14 heteroatoms. The van der Waals surface area contributed by atoms with E-state index in [9.17, 15) is 19.2 Å². The summed E-state index contributed by atoms with van der Waals surface area (Å²) in [6, 6.07) is 13.7. The van der Waals surface area contributed by atoms with Crippen LogP contribution in [-0.4, -0.2) is 94.4 Å². The van der Waals surface area contributed by atoms with Crippen LogP contribution >= 0.6 is 0 Å². The normalized spacial score (nSPS) is 15.7. The van der Waals surface area contributed by atoms with E-state index < -0.39 is 47.3 Å². The summed E-state index contributed by atoms with van der Waals surface area (Å²) in [4.78, 5) is 54.1. The Kier molecular flexibility index (Phi) is 12.2. The van der Waals surface area contributed by atoms with E-state index in [1.165, 1.54) is 62.6 Å². The molecule has 0 bridgehead atoms. The average Bonchev–Trinajstić information content (AvgIpc) is 3.47. The molecule has 1 aliphatic rings. The first-order valence-corrected chi connectivity index (χ1v) is 15.2. The van der Waals surface area contributed by atoms with E-state index in [2.05, 4.69) is 5.32 Å². The molecule has 13 nitrogen and oxygen atoms in total. The van der Waals surface area contributed by atoms with Crippen LogP contribution in [-0.2, 0) is 18.9 Å². The van der Waals surface area contributed by atoms with Gasteiger partial charge in [0.15, 0.2) is 30.9 Å². The van der Waals surface area contributed by atoms with Crippen molar-refractivity contribution in [2.45, 2.75) is 38.5 Å². The van der Waals surface area contributed by atoms with Crippen LogP contribution in [0.15, 0.2) is 60.7 Å². The maximum atomic E-state index is 15.2. The van der Waals surface area contributed by atoms with Gasteiger partial charge in [-0.3, -0.25) is 9.59 Å². The van der Waals surface area contributed by atoms with Gasteiger partial charge in [0.25, 0.3) is 5.91 Å². The van der Waals surface area contributed by atoms with Gasteiger partial charge in [-0.2, -0.15) is 0 Å². The molecule has 0 spiro atoms. The van der Waals surface area contributed by atoms with E-state index >= 15 is 4.39 Å². The quantitative estimate of drug-likeness (QED) is 0.153. The van der Waals surface area contributed by atoms with Crippen molar-refractivity contribution >= 4 is 23.8 Å². The molecule has 1 saturated heterocycles. The number of carbonyl (C=O) groups excluding carboxylic acids is 4. The molecule has 0 aromatic heterocycles. The first-order valence-electron chi connectivity index (χ1n) is 15.2. The Hall–Kier alpha value is -5.21. The molecule has 3 aromatic carbocycles. The summed E-state index contributed by atoms with van der Waals surface area (Å²) in [5.41, 5.74) is -0.691. The van der Waals surface area contributed by atoms with Crippen molar-refractivity contribution in [2.75, 3.05) is 48.0 Å². The second-order valence-corrected chi connectivity index (χ2v) is 11.9. The summed E-state index contributed by atoms with van der Waals surface area (Å²) in [6.45, 7) is 4.96. The number of nitrogens with zero attached hydrogens (tertiary/aromatic N) is 1. The molecule has 262 valence electrons. The minimum Gasteiger partial charge on any atom is -0.494 e.